The lowest BCUT2D eigenvalue weighted by atomic mass is 10.1. The van der Waals surface area contributed by atoms with Gasteiger partial charge >= 0.3 is 0 Å². The Morgan fingerprint density at radius 2 is 2.07 bits per heavy atom. The molecule has 8 heteroatoms. The number of pyridine rings is 1. The maximum atomic E-state index is 12.5. The molecule has 0 saturated carbocycles. The third kappa shape index (κ3) is 4.81. The molecule has 2 aromatic heterocycles. The van der Waals surface area contributed by atoms with Crippen LogP contribution in [0.3, 0.4) is 0 Å². The zero-order chi connectivity index (χ0) is 19.1. The van der Waals surface area contributed by atoms with Gasteiger partial charge in [-0.1, -0.05) is 17.3 Å². The minimum atomic E-state index is -0.156. The molecule has 0 saturated heterocycles. The number of ether oxygens (including phenoxy) is 1. The van der Waals surface area contributed by atoms with Crippen LogP contribution in [0.2, 0.25) is 0 Å². The van der Waals surface area contributed by atoms with Gasteiger partial charge in [0, 0.05) is 30.2 Å². The van der Waals surface area contributed by atoms with Crippen LogP contribution in [0, 0.1) is 13.8 Å². The van der Waals surface area contributed by atoms with Crippen molar-refractivity contribution in [1.29, 1.82) is 0 Å². The maximum Gasteiger partial charge on any atom is 0.278 e. The lowest BCUT2D eigenvalue weighted by molar-refractivity contribution is 0.0945. The van der Waals surface area contributed by atoms with Crippen LogP contribution in [-0.4, -0.2) is 34.4 Å². The number of nitrogens with one attached hydrogen (secondary N) is 2. The molecular weight excluding hydrogens is 346 g/mol. The lowest BCUT2D eigenvalue weighted by Gasteiger charge is -2.13. The van der Waals surface area contributed by atoms with Crippen LogP contribution in [0.5, 0.6) is 5.88 Å². The summed E-state index contributed by atoms with van der Waals surface area (Å²) in [6.07, 6.45) is 3.55. The Labute approximate surface area is 156 Å². The Hall–Kier alpha value is -3.42. The summed E-state index contributed by atoms with van der Waals surface area (Å²) in [6, 6.07) is 9.50. The van der Waals surface area contributed by atoms with Gasteiger partial charge in [-0.05, 0) is 48.3 Å². The van der Waals surface area contributed by atoms with Gasteiger partial charge in [0.2, 0.25) is 0 Å². The van der Waals surface area contributed by atoms with Crippen LogP contribution in [0.15, 0.2) is 47.4 Å². The van der Waals surface area contributed by atoms with E-state index in [1.165, 1.54) is 0 Å². The zero-order valence-corrected chi connectivity index (χ0v) is 15.2. The molecule has 3 aromatic rings. The molecular formula is C19H21N5O3. The monoisotopic (exact) mass is 367 g/mol. The van der Waals surface area contributed by atoms with Gasteiger partial charge in [0.25, 0.3) is 11.8 Å². The van der Waals surface area contributed by atoms with E-state index in [2.05, 4.69) is 30.6 Å². The van der Waals surface area contributed by atoms with Crippen molar-refractivity contribution in [3.05, 3.63) is 65.1 Å². The second-order valence-electron chi connectivity index (χ2n) is 5.95. The van der Waals surface area contributed by atoms with Crippen LogP contribution in [0.1, 0.15) is 27.2 Å². The van der Waals surface area contributed by atoms with Gasteiger partial charge in [-0.3, -0.25) is 9.78 Å². The highest BCUT2D eigenvalue weighted by Crippen LogP contribution is 2.19. The van der Waals surface area contributed by atoms with Gasteiger partial charge in [-0.25, -0.2) is 4.63 Å². The van der Waals surface area contributed by atoms with Gasteiger partial charge in [0.1, 0.15) is 12.3 Å². The first-order valence-electron chi connectivity index (χ1n) is 8.57. The normalized spacial score (nSPS) is 10.4. The molecule has 0 atom stereocenters. The summed E-state index contributed by atoms with van der Waals surface area (Å²) in [4.78, 5) is 16.6. The molecule has 2 N–H and O–H groups in total. The molecule has 3 rings (SSSR count). The predicted molar refractivity (Wildman–Crippen MR) is 99.6 cm³/mol. The number of hydrogen-bond donors (Lipinski definition) is 2. The van der Waals surface area contributed by atoms with Gasteiger partial charge in [-0.2, -0.15) is 0 Å². The van der Waals surface area contributed by atoms with E-state index in [0.29, 0.717) is 30.2 Å². The number of amides is 1. The fraction of sp³-hybridized carbons (Fsp3) is 0.263. The highest BCUT2D eigenvalue weighted by Gasteiger charge is 2.12. The van der Waals surface area contributed by atoms with Crippen molar-refractivity contribution in [3.63, 3.8) is 0 Å². The number of benzene rings is 1. The minimum Gasteiger partial charge on any atom is -0.472 e. The van der Waals surface area contributed by atoms with Gasteiger partial charge in [0.05, 0.1) is 6.54 Å². The van der Waals surface area contributed by atoms with Crippen molar-refractivity contribution in [3.8, 4) is 5.88 Å². The summed E-state index contributed by atoms with van der Waals surface area (Å²) in [5.41, 5.74) is 4.06. The van der Waals surface area contributed by atoms with Crippen molar-refractivity contribution in [2.75, 3.05) is 18.5 Å². The van der Waals surface area contributed by atoms with E-state index >= 15 is 0 Å². The Kier molecular flexibility index (Phi) is 5.98. The average Bonchev–Trinajstić information content (AvgIpc) is 3.10. The third-order valence-corrected chi connectivity index (χ3v) is 4.02. The fourth-order valence-corrected chi connectivity index (χ4v) is 2.54. The quantitative estimate of drug-likeness (QED) is 0.590. The summed E-state index contributed by atoms with van der Waals surface area (Å²) in [7, 11) is 0. The molecule has 0 aliphatic carbocycles. The number of aryl methyl sites for hydroxylation is 1. The SMILES string of the molecule is Cc1nonc1OCCNC(=O)c1cccc(NCc2cccnc2)c1C. The summed E-state index contributed by atoms with van der Waals surface area (Å²) in [5.74, 6) is 0.179. The van der Waals surface area contributed by atoms with E-state index in [9.17, 15) is 4.79 Å². The molecule has 0 aliphatic rings. The molecule has 1 aromatic carbocycles. The van der Waals surface area contributed by atoms with E-state index in [0.717, 1.165) is 16.8 Å². The molecule has 0 spiro atoms. The van der Waals surface area contributed by atoms with Crippen molar-refractivity contribution >= 4 is 11.6 Å². The van der Waals surface area contributed by atoms with Crippen molar-refractivity contribution < 1.29 is 14.2 Å². The first-order valence-corrected chi connectivity index (χ1v) is 8.57. The molecule has 0 bridgehead atoms. The maximum absolute atomic E-state index is 12.5. The number of nitrogens with zero attached hydrogens (tertiary/aromatic N) is 3. The first kappa shape index (κ1) is 18.4. The number of carbonyl (C=O) groups excluding carboxylic acids is 1. The minimum absolute atomic E-state index is 0.156. The highest BCUT2D eigenvalue weighted by molar-refractivity contribution is 5.97. The molecule has 2 heterocycles. The van der Waals surface area contributed by atoms with Crippen LogP contribution in [0.25, 0.3) is 0 Å². The lowest BCUT2D eigenvalue weighted by Crippen LogP contribution is -2.28. The molecule has 8 nitrogen and oxygen atoms in total. The largest absolute Gasteiger partial charge is 0.472 e. The predicted octanol–water partition coefficient (Wildman–Crippen LogP) is 2.50. The Balaban J connectivity index is 1.54. The summed E-state index contributed by atoms with van der Waals surface area (Å²) < 4.78 is 9.96. The van der Waals surface area contributed by atoms with E-state index < -0.39 is 0 Å². The number of anilines is 1. The molecule has 0 unspecified atom stereocenters. The summed E-state index contributed by atoms with van der Waals surface area (Å²) in [5, 5.41) is 13.4. The third-order valence-electron chi connectivity index (χ3n) is 4.02. The average molecular weight is 367 g/mol. The fourth-order valence-electron chi connectivity index (χ4n) is 2.54. The first-order chi connectivity index (χ1) is 13.1. The number of hydrogen-bond acceptors (Lipinski definition) is 7. The summed E-state index contributed by atoms with van der Waals surface area (Å²) >= 11 is 0. The molecule has 27 heavy (non-hydrogen) atoms. The molecule has 0 radical (unpaired) electrons. The van der Waals surface area contributed by atoms with Crippen LogP contribution >= 0.6 is 0 Å². The number of aromatic nitrogens is 3. The molecule has 140 valence electrons. The molecule has 0 aliphatic heterocycles. The van der Waals surface area contributed by atoms with E-state index in [-0.39, 0.29) is 12.5 Å². The smallest absolute Gasteiger partial charge is 0.278 e. The summed E-state index contributed by atoms with van der Waals surface area (Å²) in [6.45, 7) is 4.91. The van der Waals surface area contributed by atoms with Gasteiger partial charge in [0.15, 0.2) is 0 Å². The van der Waals surface area contributed by atoms with Gasteiger partial charge < -0.3 is 15.4 Å². The highest BCUT2D eigenvalue weighted by atomic mass is 16.6. The van der Waals surface area contributed by atoms with E-state index in [1.807, 2.05) is 37.4 Å². The topological polar surface area (TPSA) is 102 Å². The van der Waals surface area contributed by atoms with Crippen molar-refractivity contribution in [2.45, 2.75) is 20.4 Å². The zero-order valence-electron chi connectivity index (χ0n) is 15.2. The van der Waals surface area contributed by atoms with Crippen molar-refractivity contribution in [2.24, 2.45) is 0 Å². The number of rotatable bonds is 8. The Morgan fingerprint density at radius 1 is 1.19 bits per heavy atom. The van der Waals surface area contributed by atoms with Crippen LogP contribution in [0.4, 0.5) is 5.69 Å². The van der Waals surface area contributed by atoms with E-state index in [4.69, 9.17) is 4.74 Å². The van der Waals surface area contributed by atoms with Crippen molar-refractivity contribution in [1.82, 2.24) is 20.6 Å². The van der Waals surface area contributed by atoms with Gasteiger partial charge in [-0.15, -0.1) is 0 Å². The second-order valence-corrected chi connectivity index (χ2v) is 5.95. The van der Waals surface area contributed by atoms with Crippen LogP contribution in [-0.2, 0) is 6.54 Å². The van der Waals surface area contributed by atoms with E-state index in [1.54, 1.807) is 19.2 Å². The second kappa shape index (κ2) is 8.79. The Bertz CT molecular complexity index is 895. The molecule has 0 fully saturated rings. The molecule has 1 amide bonds. The van der Waals surface area contributed by atoms with Crippen LogP contribution < -0.4 is 15.4 Å². The Morgan fingerprint density at radius 3 is 2.81 bits per heavy atom. The standard InChI is InChI=1S/C19H21N5O3/c1-13-16(18(25)21-9-10-26-19-14(2)23-27-24-19)6-3-7-17(13)22-12-15-5-4-8-20-11-15/h3-8,11,22H,9-10,12H2,1-2H3,(H,21,25). The number of carbonyl (C=O) groups is 1.